The Morgan fingerprint density at radius 3 is 2.16 bits per heavy atom. The molecule has 1 unspecified atom stereocenters. The Bertz CT molecular complexity index is 1230. The lowest BCUT2D eigenvalue weighted by atomic mass is 9.69. The van der Waals surface area contributed by atoms with Gasteiger partial charge in [0.1, 0.15) is 5.01 Å². The van der Waals surface area contributed by atoms with E-state index in [1.54, 1.807) is 11.3 Å². The van der Waals surface area contributed by atoms with E-state index in [2.05, 4.69) is 91.8 Å². The average molecular weight is 534 g/mol. The summed E-state index contributed by atoms with van der Waals surface area (Å²) in [5.41, 5.74) is 9.09. The van der Waals surface area contributed by atoms with E-state index < -0.39 is 0 Å². The predicted molar refractivity (Wildman–Crippen MR) is 162 cm³/mol. The molecule has 3 rings (SSSR count). The predicted octanol–water partition coefficient (Wildman–Crippen LogP) is 9.25. The summed E-state index contributed by atoms with van der Waals surface area (Å²) in [5, 5.41) is 2.92. The molecule has 4 heteroatoms. The van der Waals surface area contributed by atoms with E-state index in [4.69, 9.17) is 9.72 Å². The van der Waals surface area contributed by atoms with Gasteiger partial charge in [-0.25, -0.2) is 4.98 Å². The second kappa shape index (κ2) is 12.6. The molecule has 0 aliphatic carbocycles. The lowest BCUT2D eigenvalue weighted by Crippen LogP contribution is -2.26. The van der Waals surface area contributed by atoms with E-state index in [1.807, 2.05) is 12.3 Å². The van der Waals surface area contributed by atoms with Crippen LogP contribution in [0.15, 0.2) is 41.8 Å². The fourth-order valence-electron chi connectivity index (χ4n) is 5.39. The molecule has 1 aromatic heterocycles. The summed E-state index contributed by atoms with van der Waals surface area (Å²) in [6, 6.07) is 14.0. The van der Waals surface area contributed by atoms with Crippen molar-refractivity contribution in [2.75, 3.05) is 6.61 Å². The highest BCUT2D eigenvalue weighted by molar-refractivity contribution is 7.13. The standard InChI is InChI=1S/C34H47NO2S/c1-10-34(11-2,27-16-15-26(23(4)19-27)14-13-25(6)33(7,8)9)28-17-18-30(24(5)20-28)32-35-29(22-38-32)21-31(36)37-12-3/h15-20,22,25H,10-14,21H2,1-9H3. The van der Waals surface area contributed by atoms with Crippen LogP contribution in [0.5, 0.6) is 0 Å². The number of benzene rings is 2. The van der Waals surface area contributed by atoms with Gasteiger partial charge in [0, 0.05) is 16.4 Å². The molecular weight excluding hydrogens is 486 g/mol. The minimum atomic E-state index is -0.225. The average Bonchev–Trinajstić information content (AvgIpc) is 3.32. The van der Waals surface area contributed by atoms with E-state index in [0.717, 1.165) is 35.5 Å². The maximum Gasteiger partial charge on any atom is 0.311 e. The van der Waals surface area contributed by atoms with Crippen LogP contribution in [0, 0.1) is 25.2 Å². The van der Waals surface area contributed by atoms with Crippen molar-refractivity contribution in [2.24, 2.45) is 11.3 Å². The minimum absolute atomic E-state index is 0.0246. The first kappa shape index (κ1) is 30.1. The first-order valence-corrected chi connectivity index (χ1v) is 15.1. The zero-order valence-electron chi connectivity index (χ0n) is 25.0. The van der Waals surface area contributed by atoms with Gasteiger partial charge >= 0.3 is 5.97 Å². The SMILES string of the molecule is CCOC(=O)Cc1csc(-c2ccc(C(CC)(CC)c3ccc(CCC(C)C(C)(C)C)c(C)c3)cc2C)n1. The van der Waals surface area contributed by atoms with E-state index in [-0.39, 0.29) is 17.8 Å². The zero-order valence-corrected chi connectivity index (χ0v) is 25.8. The van der Waals surface area contributed by atoms with Crippen molar-refractivity contribution >= 4 is 17.3 Å². The number of ether oxygens (including phenoxy) is 1. The smallest absolute Gasteiger partial charge is 0.311 e. The number of nitrogens with zero attached hydrogens (tertiary/aromatic N) is 1. The monoisotopic (exact) mass is 533 g/mol. The van der Waals surface area contributed by atoms with E-state index >= 15 is 0 Å². The number of carbonyl (C=O) groups is 1. The van der Waals surface area contributed by atoms with Gasteiger partial charge in [0.25, 0.3) is 0 Å². The molecule has 2 aromatic carbocycles. The van der Waals surface area contributed by atoms with Gasteiger partial charge in [0.05, 0.1) is 18.7 Å². The number of aromatic nitrogens is 1. The summed E-state index contributed by atoms with van der Waals surface area (Å²) in [7, 11) is 0. The van der Waals surface area contributed by atoms with Crippen LogP contribution in [0.3, 0.4) is 0 Å². The Morgan fingerprint density at radius 1 is 0.974 bits per heavy atom. The van der Waals surface area contributed by atoms with Crippen molar-refractivity contribution in [2.45, 2.75) is 99.8 Å². The summed E-state index contributed by atoms with van der Waals surface area (Å²) >= 11 is 1.59. The Kier molecular flexibility index (Phi) is 9.97. The second-order valence-corrected chi connectivity index (χ2v) is 12.7. The van der Waals surface area contributed by atoms with Gasteiger partial charge in [-0.2, -0.15) is 0 Å². The van der Waals surface area contributed by atoms with E-state index in [9.17, 15) is 4.79 Å². The molecule has 206 valence electrons. The molecule has 0 aliphatic rings. The highest BCUT2D eigenvalue weighted by Gasteiger charge is 2.31. The molecule has 3 aromatic rings. The van der Waals surface area contributed by atoms with Gasteiger partial charge in [-0.1, -0.05) is 77.9 Å². The number of thiazole rings is 1. The highest BCUT2D eigenvalue weighted by atomic mass is 32.1. The van der Waals surface area contributed by atoms with Crippen LogP contribution in [0.4, 0.5) is 0 Å². The number of carbonyl (C=O) groups excluding carboxylic acids is 1. The van der Waals surface area contributed by atoms with Crippen LogP contribution < -0.4 is 0 Å². The zero-order chi connectivity index (χ0) is 28.1. The molecular formula is C34H47NO2S. The van der Waals surface area contributed by atoms with Crippen molar-refractivity contribution < 1.29 is 9.53 Å². The molecule has 0 spiro atoms. The van der Waals surface area contributed by atoms with Gasteiger partial charge in [0.15, 0.2) is 0 Å². The first-order valence-electron chi connectivity index (χ1n) is 14.3. The van der Waals surface area contributed by atoms with Crippen molar-refractivity contribution in [3.05, 3.63) is 75.3 Å². The third-order valence-corrected chi connectivity index (χ3v) is 9.54. The fourth-order valence-corrected chi connectivity index (χ4v) is 6.29. The van der Waals surface area contributed by atoms with Crippen LogP contribution in [0.1, 0.15) is 101 Å². The highest BCUT2D eigenvalue weighted by Crippen LogP contribution is 2.41. The number of hydrogen-bond acceptors (Lipinski definition) is 4. The van der Waals surface area contributed by atoms with Gasteiger partial charge in [-0.15, -0.1) is 11.3 Å². The van der Waals surface area contributed by atoms with E-state index in [0.29, 0.717) is 17.9 Å². The van der Waals surface area contributed by atoms with Crippen molar-refractivity contribution in [3.63, 3.8) is 0 Å². The third-order valence-electron chi connectivity index (χ3n) is 8.62. The molecule has 0 bridgehead atoms. The molecule has 0 amide bonds. The Balaban J connectivity index is 1.88. The van der Waals surface area contributed by atoms with Crippen molar-refractivity contribution in [1.29, 1.82) is 0 Å². The Hall–Kier alpha value is -2.46. The molecule has 0 fully saturated rings. The largest absolute Gasteiger partial charge is 0.466 e. The fraction of sp³-hybridized carbons (Fsp3) is 0.529. The quantitative estimate of drug-likeness (QED) is 0.231. The van der Waals surface area contributed by atoms with Crippen molar-refractivity contribution in [3.8, 4) is 10.6 Å². The van der Waals surface area contributed by atoms with Gasteiger partial charge in [-0.05, 0) is 85.6 Å². The van der Waals surface area contributed by atoms with Crippen LogP contribution >= 0.6 is 11.3 Å². The lowest BCUT2D eigenvalue weighted by Gasteiger charge is -2.34. The summed E-state index contributed by atoms with van der Waals surface area (Å²) in [6.45, 7) is 20.7. The number of hydrogen-bond donors (Lipinski definition) is 0. The van der Waals surface area contributed by atoms with Crippen LogP contribution in [-0.4, -0.2) is 17.6 Å². The number of rotatable bonds is 11. The van der Waals surface area contributed by atoms with Gasteiger partial charge in [-0.3, -0.25) is 4.79 Å². The summed E-state index contributed by atoms with van der Waals surface area (Å²) in [4.78, 5) is 16.6. The number of esters is 1. The van der Waals surface area contributed by atoms with Crippen LogP contribution in [0.25, 0.3) is 10.6 Å². The minimum Gasteiger partial charge on any atom is -0.466 e. The second-order valence-electron chi connectivity index (χ2n) is 11.9. The maximum absolute atomic E-state index is 11.9. The van der Waals surface area contributed by atoms with Crippen molar-refractivity contribution in [1.82, 2.24) is 4.98 Å². The molecule has 3 nitrogen and oxygen atoms in total. The summed E-state index contributed by atoms with van der Waals surface area (Å²) in [6.07, 6.45) is 4.66. The molecule has 0 saturated carbocycles. The van der Waals surface area contributed by atoms with Crippen LogP contribution in [0.2, 0.25) is 0 Å². The molecule has 0 aliphatic heterocycles. The Labute approximate surface area is 235 Å². The molecule has 1 atom stereocenters. The third kappa shape index (κ3) is 6.75. The summed E-state index contributed by atoms with van der Waals surface area (Å²) < 4.78 is 5.08. The summed E-state index contributed by atoms with van der Waals surface area (Å²) in [5.74, 6) is 0.463. The maximum atomic E-state index is 11.9. The number of aryl methyl sites for hydroxylation is 3. The normalized spacial score (nSPS) is 13.0. The van der Waals surface area contributed by atoms with Gasteiger partial charge < -0.3 is 4.74 Å². The van der Waals surface area contributed by atoms with Crippen LogP contribution in [-0.2, 0) is 27.8 Å². The van der Waals surface area contributed by atoms with Gasteiger partial charge in [0.2, 0.25) is 0 Å². The molecule has 0 saturated heterocycles. The van der Waals surface area contributed by atoms with E-state index in [1.165, 1.54) is 34.2 Å². The molecule has 38 heavy (non-hydrogen) atoms. The molecule has 0 radical (unpaired) electrons. The molecule has 1 heterocycles. The first-order chi connectivity index (χ1) is 17.9. The Morgan fingerprint density at radius 2 is 1.61 bits per heavy atom. The molecule has 0 N–H and O–H groups in total. The lowest BCUT2D eigenvalue weighted by molar-refractivity contribution is -0.142. The topological polar surface area (TPSA) is 39.2 Å².